The molecular formula is C10H14N2O3. The summed E-state index contributed by atoms with van der Waals surface area (Å²) in [6.07, 6.45) is 0.653. The van der Waals surface area contributed by atoms with Crippen LogP contribution in [0.2, 0.25) is 0 Å². The largest absolute Gasteiger partial charge is 0.507 e. The highest BCUT2D eigenvalue weighted by Crippen LogP contribution is 2.25. The molecule has 0 heterocycles. The van der Waals surface area contributed by atoms with E-state index < -0.39 is 5.91 Å². The molecule has 1 amide bonds. The third kappa shape index (κ3) is 2.85. The molecule has 5 nitrogen and oxygen atoms in total. The van der Waals surface area contributed by atoms with Crippen LogP contribution in [0.1, 0.15) is 16.8 Å². The zero-order chi connectivity index (χ0) is 11.3. The van der Waals surface area contributed by atoms with Crippen molar-refractivity contribution in [3.63, 3.8) is 0 Å². The van der Waals surface area contributed by atoms with Crippen molar-refractivity contribution in [1.29, 1.82) is 0 Å². The molecule has 0 saturated heterocycles. The maximum absolute atomic E-state index is 11.5. The van der Waals surface area contributed by atoms with Crippen molar-refractivity contribution in [3.8, 4) is 11.5 Å². The van der Waals surface area contributed by atoms with E-state index in [0.717, 1.165) is 0 Å². The zero-order valence-corrected chi connectivity index (χ0v) is 8.23. The van der Waals surface area contributed by atoms with Crippen LogP contribution in [-0.4, -0.2) is 29.2 Å². The molecule has 82 valence electrons. The first kappa shape index (κ1) is 11.3. The second-order valence-corrected chi connectivity index (χ2v) is 3.07. The Labute approximate surface area is 87.5 Å². The summed E-state index contributed by atoms with van der Waals surface area (Å²) in [6.45, 7) is 0.899. The summed E-state index contributed by atoms with van der Waals surface area (Å²) in [7, 11) is 0. The average molecular weight is 210 g/mol. The van der Waals surface area contributed by atoms with Crippen LogP contribution < -0.4 is 11.1 Å². The highest BCUT2D eigenvalue weighted by atomic mass is 16.3. The van der Waals surface area contributed by atoms with E-state index in [1.54, 1.807) is 0 Å². The number of amides is 1. The van der Waals surface area contributed by atoms with Crippen LogP contribution >= 0.6 is 0 Å². The van der Waals surface area contributed by atoms with E-state index in [9.17, 15) is 15.0 Å². The fraction of sp³-hybridized carbons (Fsp3) is 0.300. The number of benzene rings is 1. The minimum atomic E-state index is -0.501. The van der Waals surface area contributed by atoms with Gasteiger partial charge in [0, 0.05) is 6.54 Å². The predicted molar refractivity (Wildman–Crippen MR) is 55.8 cm³/mol. The van der Waals surface area contributed by atoms with Gasteiger partial charge in [-0.3, -0.25) is 4.79 Å². The molecule has 0 aliphatic carbocycles. The van der Waals surface area contributed by atoms with E-state index in [2.05, 4.69) is 5.32 Å². The normalized spacial score (nSPS) is 9.93. The summed E-state index contributed by atoms with van der Waals surface area (Å²) in [5, 5.41) is 21.3. The summed E-state index contributed by atoms with van der Waals surface area (Å²) in [5.41, 5.74) is 5.16. The first-order valence-corrected chi connectivity index (χ1v) is 4.66. The highest BCUT2D eigenvalue weighted by molar-refractivity contribution is 5.99. The number of carbonyl (C=O) groups is 1. The first-order chi connectivity index (χ1) is 7.16. The molecule has 0 spiro atoms. The van der Waals surface area contributed by atoms with Crippen LogP contribution in [0.5, 0.6) is 11.5 Å². The van der Waals surface area contributed by atoms with Gasteiger partial charge in [-0.05, 0) is 25.1 Å². The van der Waals surface area contributed by atoms with Gasteiger partial charge in [0.05, 0.1) is 0 Å². The number of carbonyl (C=O) groups excluding carboxylic acids is 1. The van der Waals surface area contributed by atoms with Gasteiger partial charge in [-0.15, -0.1) is 0 Å². The molecule has 0 fully saturated rings. The average Bonchev–Trinajstić information content (AvgIpc) is 2.18. The van der Waals surface area contributed by atoms with Gasteiger partial charge < -0.3 is 21.3 Å². The van der Waals surface area contributed by atoms with Gasteiger partial charge >= 0.3 is 0 Å². The monoisotopic (exact) mass is 210 g/mol. The van der Waals surface area contributed by atoms with Gasteiger partial charge in [0.1, 0.15) is 17.1 Å². The second kappa shape index (κ2) is 5.21. The van der Waals surface area contributed by atoms with Crippen molar-refractivity contribution in [2.75, 3.05) is 13.1 Å². The van der Waals surface area contributed by atoms with E-state index >= 15 is 0 Å². The summed E-state index contributed by atoms with van der Waals surface area (Å²) >= 11 is 0. The third-order valence-corrected chi connectivity index (χ3v) is 1.91. The van der Waals surface area contributed by atoms with Crippen molar-refractivity contribution in [2.45, 2.75) is 6.42 Å². The number of nitrogens with two attached hydrogens (primary N) is 1. The van der Waals surface area contributed by atoms with Crippen LogP contribution in [0.4, 0.5) is 0 Å². The Kier molecular flexibility index (Phi) is 3.93. The molecule has 0 atom stereocenters. The highest BCUT2D eigenvalue weighted by Gasteiger charge is 2.14. The summed E-state index contributed by atoms with van der Waals surface area (Å²) in [4.78, 5) is 11.5. The topological polar surface area (TPSA) is 95.6 Å². The lowest BCUT2D eigenvalue weighted by atomic mass is 10.1. The molecule has 0 saturated carbocycles. The lowest BCUT2D eigenvalue weighted by Crippen LogP contribution is -2.26. The predicted octanol–water partition coefficient (Wildman–Crippen LogP) is 0.176. The lowest BCUT2D eigenvalue weighted by molar-refractivity contribution is 0.0948. The summed E-state index contributed by atoms with van der Waals surface area (Å²) < 4.78 is 0. The Bertz CT molecular complexity index is 332. The van der Waals surface area contributed by atoms with Gasteiger partial charge in [0.15, 0.2) is 0 Å². The minimum absolute atomic E-state index is 0.102. The molecular weight excluding hydrogens is 196 g/mol. The molecule has 1 aromatic rings. The molecule has 0 radical (unpaired) electrons. The SMILES string of the molecule is NCCCNC(=O)c1c(O)cccc1O. The van der Waals surface area contributed by atoms with Gasteiger partial charge in [-0.25, -0.2) is 0 Å². The van der Waals surface area contributed by atoms with Crippen LogP contribution in [0.15, 0.2) is 18.2 Å². The summed E-state index contributed by atoms with van der Waals surface area (Å²) in [6, 6.07) is 4.15. The van der Waals surface area contributed by atoms with Crippen molar-refractivity contribution < 1.29 is 15.0 Å². The first-order valence-electron chi connectivity index (χ1n) is 4.66. The van der Waals surface area contributed by atoms with Gasteiger partial charge in [0.2, 0.25) is 0 Å². The van der Waals surface area contributed by atoms with E-state index in [-0.39, 0.29) is 17.1 Å². The molecule has 0 aromatic heterocycles. The Morgan fingerprint density at radius 3 is 2.47 bits per heavy atom. The number of rotatable bonds is 4. The van der Waals surface area contributed by atoms with Crippen molar-refractivity contribution in [2.24, 2.45) is 5.73 Å². The van der Waals surface area contributed by atoms with Crippen LogP contribution in [0.3, 0.4) is 0 Å². The number of nitrogens with one attached hydrogen (secondary N) is 1. The molecule has 0 aliphatic rings. The van der Waals surface area contributed by atoms with E-state index in [1.807, 2.05) is 0 Å². The second-order valence-electron chi connectivity index (χ2n) is 3.07. The molecule has 5 N–H and O–H groups in total. The summed E-state index contributed by atoms with van der Waals surface area (Å²) in [5.74, 6) is -0.973. The third-order valence-electron chi connectivity index (χ3n) is 1.91. The maximum atomic E-state index is 11.5. The van der Waals surface area contributed by atoms with E-state index in [4.69, 9.17) is 5.73 Å². The van der Waals surface area contributed by atoms with Crippen LogP contribution in [-0.2, 0) is 0 Å². The van der Waals surface area contributed by atoms with Gasteiger partial charge in [0.25, 0.3) is 5.91 Å². The molecule has 1 aromatic carbocycles. The smallest absolute Gasteiger partial charge is 0.258 e. The van der Waals surface area contributed by atoms with Crippen LogP contribution in [0, 0.1) is 0 Å². The molecule has 15 heavy (non-hydrogen) atoms. The molecule has 1 rings (SSSR count). The van der Waals surface area contributed by atoms with Crippen molar-refractivity contribution in [1.82, 2.24) is 5.32 Å². The Hall–Kier alpha value is -1.75. The van der Waals surface area contributed by atoms with Crippen molar-refractivity contribution >= 4 is 5.91 Å². The molecule has 0 unspecified atom stereocenters. The number of hydrogen-bond donors (Lipinski definition) is 4. The van der Waals surface area contributed by atoms with E-state index in [1.165, 1.54) is 18.2 Å². The molecule has 0 bridgehead atoms. The van der Waals surface area contributed by atoms with Gasteiger partial charge in [-0.1, -0.05) is 6.07 Å². The number of hydrogen-bond acceptors (Lipinski definition) is 4. The van der Waals surface area contributed by atoms with E-state index in [0.29, 0.717) is 19.5 Å². The maximum Gasteiger partial charge on any atom is 0.258 e. The quantitative estimate of drug-likeness (QED) is 0.533. The molecule has 5 heteroatoms. The fourth-order valence-corrected chi connectivity index (χ4v) is 1.15. The zero-order valence-electron chi connectivity index (χ0n) is 8.23. The Morgan fingerprint density at radius 2 is 1.93 bits per heavy atom. The molecule has 0 aliphatic heterocycles. The van der Waals surface area contributed by atoms with Gasteiger partial charge in [-0.2, -0.15) is 0 Å². The minimum Gasteiger partial charge on any atom is -0.507 e. The lowest BCUT2D eigenvalue weighted by Gasteiger charge is -2.07. The fourth-order valence-electron chi connectivity index (χ4n) is 1.15. The Morgan fingerprint density at radius 1 is 1.33 bits per heavy atom. The number of aromatic hydroxyl groups is 2. The van der Waals surface area contributed by atoms with Crippen LogP contribution in [0.25, 0.3) is 0 Å². The number of phenolic OH excluding ortho intramolecular Hbond substituents is 2. The standard InChI is InChI=1S/C10H14N2O3/c11-5-2-6-12-10(15)9-7(13)3-1-4-8(9)14/h1,3-4,13-14H,2,5-6,11H2,(H,12,15). The Balaban J connectivity index is 2.73. The van der Waals surface area contributed by atoms with Crippen molar-refractivity contribution in [3.05, 3.63) is 23.8 Å². The number of phenols is 2.